The molecule has 0 spiro atoms. The average Bonchev–Trinajstić information content (AvgIpc) is 2.64. The summed E-state index contributed by atoms with van der Waals surface area (Å²) in [6.07, 6.45) is 0. The average molecular weight is 404 g/mol. The number of hydrogen-bond acceptors (Lipinski definition) is 4. The molecule has 0 aliphatic carbocycles. The van der Waals surface area contributed by atoms with Crippen molar-refractivity contribution in [1.82, 2.24) is 0 Å². The van der Waals surface area contributed by atoms with Gasteiger partial charge in [0, 0.05) is 5.56 Å². The molecule has 0 aromatic heterocycles. The maximum atomic E-state index is 12.8. The molecule has 0 amide bonds. The van der Waals surface area contributed by atoms with Crippen molar-refractivity contribution in [3.63, 3.8) is 0 Å². The molecule has 3 aromatic carbocycles. The molecular weight excluding hydrogens is 390 g/mol. The number of carboxylic acids is 1. The largest absolute Gasteiger partial charge is 0.505 e. The summed E-state index contributed by atoms with van der Waals surface area (Å²) in [5.74, 6) is -2.05. The number of para-hydroxylation sites is 1. The van der Waals surface area contributed by atoms with E-state index in [2.05, 4.69) is 4.72 Å². The number of hydrogen-bond donors (Lipinski definition) is 3. The van der Waals surface area contributed by atoms with Gasteiger partial charge in [-0.05, 0) is 23.8 Å². The first-order valence-electron chi connectivity index (χ1n) is 7.73. The maximum absolute atomic E-state index is 12.8. The normalized spacial score (nSPS) is 11.1. The van der Waals surface area contributed by atoms with E-state index in [0.29, 0.717) is 5.56 Å². The van der Waals surface area contributed by atoms with Crippen molar-refractivity contribution in [3.05, 3.63) is 77.3 Å². The Bertz CT molecular complexity index is 1110. The molecule has 3 N–H and O–H groups in total. The van der Waals surface area contributed by atoms with Gasteiger partial charge in [0.1, 0.15) is 10.5 Å². The molecule has 0 radical (unpaired) electrons. The van der Waals surface area contributed by atoms with Crippen LogP contribution in [0, 0.1) is 0 Å². The lowest BCUT2D eigenvalue weighted by Gasteiger charge is -2.14. The van der Waals surface area contributed by atoms with E-state index in [4.69, 9.17) is 16.7 Å². The van der Waals surface area contributed by atoms with Crippen LogP contribution in [0.5, 0.6) is 5.75 Å². The van der Waals surface area contributed by atoms with Gasteiger partial charge in [-0.1, -0.05) is 60.1 Å². The number of anilines is 1. The fourth-order valence-corrected chi connectivity index (χ4v) is 4.26. The van der Waals surface area contributed by atoms with E-state index >= 15 is 0 Å². The predicted octanol–water partition coefficient (Wildman–Crippen LogP) is 4.21. The minimum atomic E-state index is -4.17. The minimum absolute atomic E-state index is 0.0186. The van der Waals surface area contributed by atoms with Crippen molar-refractivity contribution >= 4 is 33.3 Å². The van der Waals surface area contributed by atoms with Gasteiger partial charge in [-0.15, -0.1) is 0 Å². The summed E-state index contributed by atoms with van der Waals surface area (Å²) >= 11 is 6.34. The second-order valence-electron chi connectivity index (χ2n) is 5.60. The van der Waals surface area contributed by atoms with Crippen LogP contribution in [0.2, 0.25) is 5.02 Å². The fraction of sp³-hybridized carbons (Fsp3) is 0. The monoisotopic (exact) mass is 403 g/mol. The van der Waals surface area contributed by atoms with Gasteiger partial charge < -0.3 is 10.2 Å². The van der Waals surface area contributed by atoms with Crippen molar-refractivity contribution in [2.45, 2.75) is 4.90 Å². The first-order chi connectivity index (χ1) is 12.8. The van der Waals surface area contributed by atoms with E-state index in [1.807, 2.05) is 6.07 Å². The molecule has 0 aliphatic rings. The zero-order valence-electron chi connectivity index (χ0n) is 13.8. The summed E-state index contributed by atoms with van der Waals surface area (Å²) in [5.41, 5.74) is 0.606. The van der Waals surface area contributed by atoms with Crippen LogP contribution in [-0.4, -0.2) is 24.6 Å². The molecule has 3 aromatic rings. The van der Waals surface area contributed by atoms with Gasteiger partial charge in [0.2, 0.25) is 0 Å². The van der Waals surface area contributed by atoms with E-state index in [0.717, 1.165) is 5.56 Å². The van der Waals surface area contributed by atoms with Crippen LogP contribution in [0.1, 0.15) is 10.4 Å². The lowest BCUT2D eigenvalue weighted by molar-refractivity contribution is 0.0694. The molecule has 0 heterocycles. The Kier molecular flexibility index (Phi) is 5.07. The Morgan fingerprint density at radius 2 is 1.59 bits per heavy atom. The topological polar surface area (TPSA) is 104 Å². The highest BCUT2D eigenvalue weighted by Crippen LogP contribution is 2.35. The molecular formula is C19H14ClNO5S. The van der Waals surface area contributed by atoms with E-state index < -0.39 is 27.3 Å². The number of aromatic carboxylic acids is 1. The lowest BCUT2D eigenvalue weighted by atomic mass is 10.1. The second-order valence-corrected chi connectivity index (χ2v) is 7.62. The highest BCUT2D eigenvalue weighted by molar-refractivity contribution is 7.92. The second kappa shape index (κ2) is 7.30. The number of carbonyl (C=O) groups is 1. The summed E-state index contributed by atoms with van der Waals surface area (Å²) in [6.45, 7) is 0. The van der Waals surface area contributed by atoms with Crippen molar-refractivity contribution in [1.29, 1.82) is 0 Å². The third-order valence-corrected chi connectivity index (χ3v) is 5.78. The van der Waals surface area contributed by atoms with Gasteiger partial charge in [-0.3, -0.25) is 4.72 Å². The first-order valence-corrected chi connectivity index (χ1v) is 9.59. The Labute approximate surface area is 160 Å². The maximum Gasteiger partial charge on any atom is 0.339 e. The Hall–Kier alpha value is -3.03. The highest BCUT2D eigenvalue weighted by Gasteiger charge is 2.23. The molecule has 0 saturated heterocycles. The molecule has 6 nitrogen and oxygen atoms in total. The number of rotatable bonds is 5. The van der Waals surface area contributed by atoms with Gasteiger partial charge >= 0.3 is 5.97 Å². The summed E-state index contributed by atoms with van der Waals surface area (Å²) in [6, 6.07) is 17.4. The van der Waals surface area contributed by atoms with E-state index in [1.54, 1.807) is 36.4 Å². The number of nitrogens with one attached hydrogen (secondary N) is 1. The van der Waals surface area contributed by atoms with Crippen LogP contribution < -0.4 is 4.72 Å². The fourth-order valence-electron chi connectivity index (χ4n) is 2.56. The van der Waals surface area contributed by atoms with Crippen LogP contribution in [0.15, 0.2) is 71.6 Å². The molecule has 0 saturated carbocycles. The zero-order valence-corrected chi connectivity index (χ0v) is 15.3. The van der Waals surface area contributed by atoms with Crippen LogP contribution in [0.25, 0.3) is 11.1 Å². The van der Waals surface area contributed by atoms with Gasteiger partial charge in [-0.2, -0.15) is 0 Å². The predicted molar refractivity (Wildman–Crippen MR) is 103 cm³/mol. The first kappa shape index (κ1) is 18.8. The summed E-state index contributed by atoms with van der Waals surface area (Å²) in [7, 11) is -4.17. The quantitative estimate of drug-likeness (QED) is 0.553. The molecule has 27 heavy (non-hydrogen) atoms. The number of aromatic hydroxyl groups is 1. The molecule has 0 aliphatic heterocycles. The highest BCUT2D eigenvalue weighted by atomic mass is 35.5. The van der Waals surface area contributed by atoms with Gasteiger partial charge in [0.25, 0.3) is 10.0 Å². The van der Waals surface area contributed by atoms with Gasteiger partial charge in [0.05, 0.1) is 10.7 Å². The number of benzene rings is 3. The number of phenols is 1. The number of carboxylic acid groups (broad SMARTS) is 1. The standard InChI is InChI=1S/C19H14ClNO5S/c20-17-13(12-6-2-1-3-7-12)8-5-11-16(17)27(25,26)21-15-10-4-9-14(18(15)22)19(23)24/h1-11,21-22H,(H,23,24). The summed E-state index contributed by atoms with van der Waals surface area (Å²) in [4.78, 5) is 10.9. The Morgan fingerprint density at radius 3 is 2.26 bits per heavy atom. The molecule has 0 bridgehead atoms. The molecule has 138 valence electrons. The molecule has 0 atom stereocenters. The van der Waals surface area contributed by atoms with Crippen molar-refractivity contribution in [3.8, 4) is 16.9 Å². The van der Waals surface area contributed by atoms with Crippen LogP contribution in [0.3, 0.4) is 0 Å². The van der Waals surface area contributed by atoms with Crippen molar-refractivity contribution < 1.29 is 23.4 Å². The van der Waals surface area contributed by atoms with E-state index in [-0.39, 0.29) is 15.6 Å². The molecule has 0 fully saturated rings. The summed E-state index contributed by atoms with van der Waals surface area (Å²) < 4.78 is 27.8. The third kappa shape index (κ3) is 3.74. The lowest BCUT2D eigenvalue weighted by Crippen LogP contribution is -2.14. The van der Waals surface area contributed by atoms with Crippen molar-refractivity contribution in [2.75, 3.05) is 4.72 Å². The molecule has 0 unspecified atom stereocenters. The SMILES string of the molecule is O=C(O)c1cccc(NS(=O)(=O)c2cccc(-c3ccccc3)c2Cl)c1O. The number of halogens is 1. The third-order valence-electron chi connectivity index (χ3n) is 3.85. The Morgan fingerprint density at radius 1 is 0.926 bits per heavy atom. The Balaban J connectivity index is 2.05. The van der Waals surface area contributed by atoms with Crippen LogP contribution in [0.4, 0.5) is 5.69 Å². The minimum Gasteiger partial charge on any atom is -0.505 e. The number of sulfonamides is 1. The van der Waals surface area contributed by atoms with E-state index in [1.165, 1.54) is 24.3 Å². The van der Waals surface area contributed by atoms with Gasteiger partial charge in [0.15, 0.2) is 5.75 Å². The summed E-state index contributed by atoms with van der Waals surface area (Å²) in [5, 5.41) is 19.1. The molecule has 8 heteroatoms. The van der Waals surface area contributed by atoms with Gasteiger partial charge in [-0.25, -0.2) is 13.2 Å². The van der Waals surface area contributed by atoms with Crippen molar-refractivity contribution in [2.24, 2.45) is 0 Å². The van der Waals surface area contributed by atoms with Crippen LogP contribution >= 0.6 is 11.6 Å². The smallest absolute Gasteiger partial charge is 0.339 e. The van der Waals surface area contributed by atoms with E-state index in [9.17, 15) is 18.3 Å². The van der Waals surface area contributed by atoms with Crippen LogP contribution in [-0.2, 0) is 10.0 Å². The molecule has 3 rings (SSSR count). The zero-order chi connectivity index (χ0) is 19.6.